The van der Waals surface area contributed by atoms with Crippen molar-refractivity contribution >= 4 is 85.4 Å². The molecule has 11 heteroatoms. The molecule has 1 fully saturated rings. The van der Waals surface area contributed by atoms with Crippen molar-refractivity contribution in [3.8, 4) is 0 Å². The average Bonchev–Trinajstić information content (AvgIpc) is 3.36. The smallest absolute Gasteiger partial charge is 0.266 e. The third-order valence-corrected chi connectivity index (χ3v) is 8.31. The van der Waals surface area contributed by atoms with Crippen molar-refractivity contribution in [3.05, 3.63) is 64.6 Å². The Bertz CT molecular complexity index is 1250. The number of nitrogens with one attached hydrogen (secondary N) is 2. The van der Waals surface area contributed by atoms with Gasteiger partial charge >= 0.3 is 0 Å². The minimum absolute atomic E-state index is 0.00947. The van der Waals surface area contributed by atoms with Crippen LogP contribution in [0.25, 0.3) is 16.3 Å². The number of thiocarbonyl (C=S) groups is 1. The summed E-state index contributed by atoms with van der Waals surface area (Å²) in [5.41, 5.74) is 7.72. The first-order chi connectivity index (χ1) is 16.4. The Morgan fingerprint density at radius 3 is 2.62 bits per heavy atom. The topological polar surface area (TPSA) is 91.4 Å². The second-order valence-electron chi connectivity index (χ2n) is 7.33. The lowest BCUT2D eigenvalue weighted by Gasteiger charge is -2.14. The highest BCUT2D eigenvalue weighted by Crippen LogP contribution is 2.32. The van der Waals surface area contributed by atoms with Gasteiger partial charge in [-0.2, -0.15) is 0 Å². The molecule has 7 nitrogen and oxygen atoms in total. The van der Waals surface area contributed by atoms with Crippen molar-refractivity contribution in [1.82, 2.24) is 20.7 Å². The molecule has 2 aromatic carbocycles. The summed E-state index contributed by atoms with van der Waals surface area (Å²) in [6.07, 6.45) is 1.80. The van der Waals surface area contributed by atoms with E-state index in [1.807, 2.05) is 55.5 Å². The summed E-state index contributed by atoms with van der Waals surface area (Å²) in [6, 6.07) is 15.6. The summed E-state index contributed by atoms with van der Waals surface area (Å²) in [5, 5.41) is 0. The van der Waals surface area contributed by atoms with E-state index in [-0.39, 0.29) is 30.5 Å². The zero-order chi connectivity index (χ0) is 24.1. The molecule has 2 N–H and O–H groups in total. The first-order valence-electron chi connectivity index (χ1n) is 10.3. The molecule has 3 aromatic rings. The quantitative estimate of drug-likeness (QED) is 0.206. The number of para-hydroxylation sites is 1. The van der Waals surface area contributed by atoms with Crippen LogP contribution in [0.3, 0.4) is 0 Å². The number of thiazole rings is 1. The van der Waals surface area contributed by atoms with Gasteiger partial charge < -0.3 is 0 Å². The van der Waals surface area contributed by atoms with Crippen LogP contribution in [0.2, 0.25) is 0 Å². The van der Waals surface area contributed by atoms with Crippen LogP contribution in [0.4, 0.5) is 0 Å². The van der Waals surface area contributed by atoms with Gasteiger partial charge in [0.15, 0.2) is 4.34 Å². The number of aromatic nitrogens is 1. The molecule has 1 aliphatic heterocycles. The molecule has 34 heavy (non-hydrogen) atoms. The zero-order valence-electron chi connectivity index (χ0n) is 18.1. The van der Waals surface area contributed by atoms with Crippen LogP contribution >= 0.6 is 47.1 Å². The molecule has 0 bridgehead atoms. The highest BCUT2D eigenvalue weighted by molar-refractivity contribution is 8.26. The molecule has 0 aliphatic carbocycles. The van der Waals surface area contributed by atoms with E-state index >= 15 is 0 Å². The first-order valence-corrected chi connectivity index (χ1v) is 13.3. The van der Waals surface area contributed by atoms with Crippen LogP contribution in [0.1, 0.15) is 17.5 Å². The molecule has 3 amide bonds. The normalized spacial score (nSPS) is 14.7. The average molecular weight is 529 g/mol. The fourth-order valence-electron chi connectivity index (χ4n) is 3.00. The standard InChI is InChI=1S/C23H20N4O3S4/c1-14-6-8-15(9-7-14)12-18-21(30)27(23(31)34-18)11-10-19(28)25-26-20(29)13-32-22-24-16-4-2-3-5-17(16)33-22/h2-9,12H,10-11,13H2,1H3,(H,25,28)(H,26,29)/b18-12-. The molecule has 2 heterocycles. The number of rotatable bonds is 7. The fourth-order valence-corrected chi connectivity index (χ4v) is 6.18. The van der Waals surface area contributed by atoms with Crippen molar-refractivity contribution in [2.45, 2.75) is 17.7 Å². The summed E-state index contributed by atoms with van der Waals surface area (Å²) in [4.78, 5) is 43.3. The van der Waals surface area contributed by atoms with Crippen LogP contribution in [-0.2, 0) is 14.4 Å². The van der Waals surface area contributed by atoms with Crippen LogP contribution in [-0.4, -0.2) is 44.2 Å². The number of benzene rings is 2. The van der Waals surface area contributed by atoms with Gasteiger partial charge in [0.25, 0.3) is 5.91 Å². The minimum atomic E-state index is -0.407. The third kappa shape index (κ3) is 6.23. The van der Waals surface area contributed by atoms with Gasteiger partial charge in [-0.25, -0.2) is 4.98 Å². The number of amides is 3. The molecule has 0 spiro atoms. The van der Waals surface area contributed by atoms with Gasteiger partial charge in [-0.05, 0) is 30.7 Å². The van der Waals surface area contributed by atoms with Gasteiger partial charge in [-0.1, -0.05) is 77.7 Å². The molecule has 1 saturated heterocycles. The van der Waals surface area contributed by atoms with Crippen LogP contribution in [0, 0.1) is 6.92 Å². The summed E-state index contributed by atoms with van der Waals surface area (Å²) >= 11 is 9.35. The first kappa shape index (κ1) is 24.4. The van der Waals surface area contributed by atoms with Gasteiger partial charge in [0.05, 0.1) is 20.9 Å². The molecule has 0 radical (unpaired) electrons. The highest BCUT2D eigenvalue weighted by Gasteiger charge is 2.32. The minimum Gasteiger partial charge on any atom is -0.292 e. The molecule has 1 aromatic heterocycles. The lowest BCUT2D eigenvalue weighted by Crippen LogP contribution is -2.43. The van der Waals surface area contributed by atoms with Gasteiger partial charge in [0.2, 0.25) is 11.8 Å². The van der Waals surface area contributed by atoms with Crippen LogP contribution in [0.5, 0.6) is 0 Å². The molecule has 174 valence electrons. The fraction of sp³-hybridized carbons (Fsp3) is 0.174. The van der Waals surface area contributed by atoms with Crippen molar-refractivity contribution in [2.75, 3.05) is 12.3 Å². The molecule has 0 atom stereocenters. The Morgan fingerprint density at radius 1 is 1.12 bits per heavy atom. The predicted molar refractivity (Wildman–Crippen MR) is 142 cm³/mol. The van der Waals surface area contributed by atoms with E-state index in [9.17, 15) is 14.4 Å². The van der Waals surface area contributed by atoms with Gasteiger partial charge in [-0.3, -0.25) is 30.1 Å². The number of hydrazine groups is 1. The van der Waals surface area contributed by atoms with Crippen molar-refractivity contribution in [2.24, 2.45) is 0 Å². The summed E-state index contributed by atoms with van der Waals surface area (Å²) in [7, 11) is 0. The number of thioether (sulfide) groups is 2. The van der Waals surface area contributed by atoms with Gasteiger partial charge in [0.1, 0.15) is 4.32 Å². The zero-order valence-corrected chi connectivity index (χ0v) is 21.3. The van der Waals surface area contributed by atoms with E-state index in [0.717, 1.165) is 25.7 Å². The molecule has 1 aliphatic rings. The van der Waals surface area contributed by atoms with Crippen molar-refractivity contribution in [1.29, 1.82) is 0 Å². The number of aryl methyl sites for hydroxylation is 1. The van der Waals surface area contributed by atoms with E-state index in [2.05, 4.69) is 15.8 Å². The Kier molecular flexibility index (Phi) is 7.99. The van der Waals surface area contributed by atoms with Gasteiger partial charge in [0, 0.05) is 13.0 Å². The number of hydrogen-bond acceptors (Lipinski definition) is 8. The third-order valence-electron chi connectivity index (χ3n) is 4.75. The largest absolute Gasteiger partial charge is 0.292 e. The van der Waals surface area contributed by atoms with E-state index in [1.54, 1.807) is 6.08 Å². The number of carbonyl (C=O) groups is 3. The summed E-state index contributed by atoms with van der Waals surface area (Å²) < 4.78 is 2.26. The highest BCUT2D eigenvalue weighted by atomic mass is 32.2. The molecular weight excluding hydrogens is 509 g/mol. The number of fused-ring (bicyclic) bond motifs is 1. The van der Waals surface area contributed by atoms with E-state index in [1.165, 1.54) is 39.8 Å². The van der Waals surface area contributed by atoms with Gasteiger partial charge in [-0.15, -0.1) is 11.3 Å². The second-order valence-corrected chi connectivity index (χ2v) is 11.3. The van der Waals surface area contributed by atoms with E-state index in [4.69, 9.17) is 12.2 Å². The summed E-state index contributed by atoms with van der Waals surface area (Å²) in [6.45, 7) is 2.14. The van der Waals surface area contributed by atoms with E-state index < -0.39 is 5.91 Å². The van der Waals surface area contributed by atoms with Crippen LogP contribution in [0.15, 0.2) is 57.8 Å². The Labute approximate surface area is 214 Å². The maximum atomic E-state index is 12.7. The molecular formula is C23H20N4O3S4. The Morgan fingerprint density at radius 2 is 1.85 bits per heavy atom. The van der Waals surface area contributed by atoms with E-state index in [0.29, 0.717) is 9.23 Å². The van der Waals surface area contributed by atoms with Crippen LogP contribution < -0.4 is 10.9 Å². The maximum absolute atomic E-state index is 12.7. The second kappa shape index (κ2) is 11.1. The SMILES string of the molecule is Cc1ccc(/C=C2\SC(=S)N(CCC(=O)NNC(=O)CSc3nc4ccccc4s3)C2=O)cc1. The lowest BCUT2D eigenvalue weighted by atomic mass is 10.1. The van der Waals surface area contributed by atoms with Crippen molar-refractivity contribution < 1.29 is 14.4 Å². The molecule has 4 rings (SSSR count). The van der Waals surface area contributed by atoms with Crippen molar-refractivity contribution in [3.63, 3.8) is 0 Å². The lowest BCUT2D eigenvalue weighted by molar-refractivity contribution is -0.128. The summed E-state index contributed by atoms with van der Waals surface area (Å²) in [5.74, 6) is -0.850. The number of carbonyl (C=O) groups excluding carboxylic acids is 3. The number of hydrogen-bond donors (Lipinski definition) is 2. The molecule has 0 unspecified atom stereocenters. The predicted octanol–water partition coefficient (Wildman–Crippen LogP) is 4.14. The molecule has 0 saturated carbocycles. The number of nitrogens with zero attached hydrogens (tertiary/aromatic N) is 2. The Balaban J connectivity index is 1.21. The Hall–Kier alpha value is -2.73. The maximum Gasteiger partial charge on any atom is 0.266 e. The monoisotopic (exact) mass is 528 g/mol.